The van der Waals surface area contributed by atoms with E-state index in [4.69, 9.17) is 37.9 Å². The summed E-state index contributed by atoms with van der Waals surface area (Å²) in [6.07, 6.45) is 8.70. The summed E-state index contributed by atoms with van der Waals surface area (Å²) in [5.74, 6) is -2.38. The molecule has 59 heavy (non-hydrogen) atoms. The summed E-state index contributed by atoms with van der Waals surface area (Å²) in [5, 5.41) is 23.7. The van der Waals surface area contributed by atoms with Gasteiger partial charge in [-0.1, -0.05) is 71.4 Å². The second-order valence-electron chi connectivity index (χ2n) is 19.1. The number of carbonyl (C=O) groups is 2. The molecule has 12 nitrogen and oxygen atoms in total. The molecule has 0 saturated carbocycles. The predicted octanol–water partition coefficient (Wildman–Crippen LogP) is 7.05. The van der Waals surface area contributed by atoms with Crippen LogP contribution in [0.4, 0.5) is 0 Å². The largest absolute Gasteiger partial charge is 0.462 e. The number of hydrogen-bond acceptors (Lipinski definition) is 12. The molecule has 0 aromatic carbocycles. The van der Waals surface area contributed by atoms with Crippen LogP contribution in [-0.4, -0.2) is 108 Å². The number of allylic oxidation sites excluding steroid dienone is 2. The number of carbonyl (C=O) groups excluding carboxylic acids is 2. The highest BCUT2D eigenvalue weighted by molar-refractivity contribution is 5.78. The number of rotatable bonds is 8. The molecule has 332 valence electrons. The Labute approximate surface area is 352 Å². The van der Waals surface area contributed by atoms with Crippen LogP contribution in [0.2, 0.25) is 0 Å². The maximum atomic E-state index is 14.3. The summed E-state index contributed by atoms with van der Waals surface area (Å²) in [6, 6.07) is 0. The number of ether oxygens (including phenoxy) is 8. The van der Waals surface area contributed by atoms with Crippen LogP contribution in [0, 0.1) is 29.1 Å². The van der Waals surface area contributed by atoms with Crippen LogP contribution in [0.1, 0.15) is 121 Å². The van der Waals surface area contributed by atoms with Crippen LogP contribution < -0.4 is 0 Å². The Bertz CT molecular complexity index is 1630. The molecule has 4 saturated heterocycles. The lowest BCUT2D eigenvalue weighted by atomic mass is 9.71. The predicted molar refractivity (Wildman–Crippen MR) is 221 cm³/mol. The van der Waals surface area contributed by atoms with Gasteiger partial charge in [0.2, 0.25) is 0 Å². The molecule has 16 atom stereocenters. The highest BCUT2D eigenvalue weighted by Gasteiger charge is 2.60. The van der Waals surface area contributed by atoms with Crippen molar-refractivity contribution in [3.63, 3.8) is 0 Å². The average molecular weight is 829 g/mol. The first-order chi connectivity index (χ1) is 27.9. The number of fused-ring (bicyclic) bond motifs is 2. The number of aliphatic hydroxyl groups is 2. The van der Waals surface area contributed by atoms with E-state index in [1.165, 1.54) is 0 Å². The van der Waals surface area contributed by atoms with Crippen molar-refractivity contribution in [1.29, 1.82) is 0 Å². The summed E-state index contributed by atoms with van der Waals surface area (Å²) in [6.45, 7) is 20.1. The second-order valence-corrected chi connectivity index (χ2v) is 19.1. The van der Waals surface area contributed by atoms with Gasteiger partial charge in [0, 0.05) is 38.7 Å². The minimum Gasteiger partial charge on any atom is -0.462 e. The lowest BCUT2D eigenvalue weighted by molar-refractivity contribution is -0.340. The summed E-state index contributed by atoms with van der Waals surface area (Å²) in [4.78, 5) is 27.4. The van der Waals surface area contributed by atoms with Gasteiger partial charge in [0.05, 0.1) is 36.4 Å². The van der Waals surface area contributed by atoms with E-state index in [-0.39, 0.29) is 30.7 Å². The topological polar surface area (TPSA) is 148 Å². The Hall–Kier alpha value is -2.42. The van der Waals surface area contributed by atoms with E-state index in [2.05, 4.69) is 33.8 Å². The Kier molecular flexibility index (Phi) is 14.5. The maximum Gasteiger partial charge on any atom is 0.316 e. The quantitative estimate of drug-likeness (QED) is 0.191. The van der Waals surface area contributed by atoms with Crippen LogP contribution in [0.5, 0.6) is 0 Å². The highest BCUT2D eigenvalue weighted by atomic mass is 16.7. The zero-order valence-corrected chi connectivity index (χ0v) is 37.3. The Morgan fingerprint density at radius 3 is 2.53 bits per heavy atom. The number of esters is 2. The van der Waals surface area contributed by atoms with Gasteiger partial charge >= 0.3 is 11.9 Å². The molecule has 6 aliphatic rings. The fourth-order valence-electron chi connectivity index (χ4n) is 9.85. The smallest absolute Gasteiger partial charge is 0.316 e. The average Bonchev–Trinajstić information content (AvgIpc) is 3.54. The van der Waals surface area contributed by atoms with Crippen molar-refractivity contribution in [3.05, 3.63) is 47.1 Å². The molecule has 1 aliphatic carbocycles. The highest BCUT2D eigenvalue weighted by Crippen LogP contribution is 2.48. The molecule has 1 spiro atoms. The van der Waals surface area contributed by atoms with Crippen molar-refractivity contribution >= 4 is 11.9 Å². The van der Waals surface area contributed by atoms with Crippen LogP contribution in [0.15, 0.2) is 47.1 Å². The van der Waals surface area contributed by atoms with E-state index in [0.29, 0.717) is 61.5 Å². The van der Waals surface area contributed by atoms with Crippen LogP contribution in [0.3, 0.4) is 0 Å². The molecule has 2 bridgehead atoms. The van der Waals surface area contributed by atoms with Crippen molar-refractivity contribution in [2.75, 3.05) is 13.7 Å². The van der Waals surface area contributed by atoms with Crippen LogP contribution in [-0.2, 0) is 47.5 Å². The minimum atomic E-state index is -1.82. The van der Waals surface area contributed by atoms with Crippen LogP contribution >= 0.6 is 0 Å². The van der Waals surface area contributed by atoms with Crippen molar-refractivity contribution in [2.45, 2.75) is 193 Å². The van der Waals surface area contributed by atoms with Gasteiger partial charge in [0.1, 0.15) is 35.9 Å². The van der Waals surface area contributed by atoms with Crippen molar-refractivity contribution < 1.29 is 57.7 Å². The van der Waals surface area contributed by atoms with Gasteiger partial charge in [-0.2, -0.15) is 0 Å². The first-order valence-corrected chi connectivity index (χ1v) is 22.2. The lowest BCUT2D eigenvalue weighted by Gasteiger charge is -2.51. The number of methoxy groups -OCH3 is 1. The SMILES string of the molecule is CCC(C)[C@H]1O[C@]2(CC[C@@H]1C)C[C@@H]1C[C@@H](C/C=C(\C)[C@@H](O[C@H]3C[C@H](OC)[C@@H](OC(=O)C(C)(C)CC)[C@H](C)O3)[C@@H](C)/C=C/C=C3\CO[C@@H]4[C@H](O)C(C)=C[C@@H](C(=O)O1)[C@]34O)O2. The van der Waals surface area contributed by atoms with Crippen molar-refractivity contribution in [2.24, 2.45) is 29.1 Å². The summed E-state index contributed by atoms with van der Waals surface area (Å²) >= 11 is 0. The first kappa shape index (κ1) is 46.1. The molecular weight excluding hydrogens is 757 g/mol. The molecule has 2 N–H and O–H groups in total. The molecule has 0 aromatic heterocycles. The van der Waals surface area contributed by atoms with E-state index >= 15 is 0 Å². The minimum absolute atomic E-state index is 0.00492. The van der Waals surface area contributed by atoms with Gasteiger partial charge in [-0.15, -0.1) is 0 Å². The van der Waals surface area contributed by atoms with Crippen molar-refractivity contribution in [1.82, 2.24) is 0 Å². The number of hydrogen-bond donors (Lipinski definition) is 2. The Morgan fingerprint density at radius 1 is 1.08 bits per heavy atom. The summed E-state index contributed by atoms with van der Waals surface area (Å²) in [7, 11) is 1.61. The Balaban J connectivity index is 1.33. The molecule has 0 radical (unpaired) electrons. The normalized spacial score (nSPS) is 44.9. The van der Waals surface area contributed by atoms with Gasteiger partial charge < -0.3 is 48.1 Å². The summed E-state index contributed by atoms with van der Waals surface area (Å²) < 4.78 is 51.6. The van der Waals surface area contributed by atoms with E-state index in [1.54, 1.807) is 26.2 Å². The third-order valence-corrected chi connectivity index (χ3v) is 14.3. The third-order valence-electron chi connectivity index (χ3n) is 14.3. The van der Waals surface area contributed by atoms with Gasteiger partial charge in [-0.05, 0) is 82.4 Å². The first-order valence-electron chi connectivity index (χ1n) is 22.2. The maximum absolute atomic E-state index is 14.3. The zero-order chi connectivity index (χ0) is 43.0. The third kappa shape index (κ3) is 9.50. The summed E-state index contributed by atoms with van der Waals surface area (Å²) in [5.41, 5.74) is -0.455. The monoisotopic (exact) mass is 829 g/mol. The van der Waals surface area contributed by atoms with Gasteiger partial charge in [0.25, 0.3) is 0 Å². The molecule has 1 unspecified atom stereocenters. The molecule has 5 heterocycles. The molecule has 5 aliphatic heterocycles. The van der Waals surface area contributed by atoms with Crippen molar-refractivity contribution in [3.8, 4) is 0 Å². The van der Waals surface area contributed by atoms with Gasteiger partial charge in [-0.3, -0.25) is 9.59 Å². The molecule has 0 aromatic rings. The Morgan fingerprint density at radius 2 is 1.83 bits per heavy atom. The fraction of sp³-hybridized carbons (Fsp3) is 0.787. The van der Waals surface area contributed by atoms with Gasteiger partial charge in [-0.25, -0.2) is 0 Å². The van der Waals surface area contributed by atoms with E-state index in [1.807, 2.05) is 46.8 Å². The zero-order valence-electron chi connectivity index (χ0n) is 37.3. The number of aliphatic hydroxyl groups excluding tert-OH is 1. The van der Waals surface area contributed by atoms with E-state index in [0.717, 1.165) is 18.4 Å². The molecule has 4 fully saturated rings. The van der Waals surface area contributed by atoms with Crippen LogP contribution in [0.25, 0.3) is 0 Å². The molecule has 12 heteroatoms. The van der Waals surface area contributed by atoms with E-state index < -0.39 is 77.7 Å². The second kappa shape index (κ2) is 18.5. The lowest BCUT2D eigenvalue weighted by Crippen LogP contribution is -2.58. The standard InChI is InChI=1S/C47H72O12/c1-12-26(3)40-29(6)19-20-46(59-40)24-34-22-33(58-46)18-17-28(5)39(56-37-23-36(52-11)41(31(8)54-37)57-44(50)45(9,10)13-2)27(4)15-14-16-32-25-53-42-38(48)30(7)21-35(43(49)55-34)47(32,42)51/h14-17,21,26-27,29,31,33-42,48,51H,12-13,18-20,22-25H2,1-11H3/b15-14+,28-17+,32-16+/t26?,27-,29-,31-,33+,34-,35-,36-,37-,38+,39-,40+,41-,42+,46+,47+/m0/s1. The molecular formula is C47H72O12. The molecule has 6 rings (SSSR count). The fourth-order valence-corrected chi connectivity index (χ4v) is 9.85. The molecule has 0 amide bonds. The van der Waals surface area contributed by atoms with Gasteiger partial charge in [0.15, 0.2) is 18.2 Å². The van der Waals surface area contributed by atoms with E-state index in [9.17, 15) is 19.8 Å².